The average molecular weight is 367 g/mol. The lowest BCUT2D eigenvalue weighted by Crippen LogP contribution is -2.45. The highest BCUT2D eigenvalue weighted by Crippen LogP contribution is 2.30. The van der Waals surface area contributed by atoms with Crippen LogP contribution in [-0.2, 0) is 0 Å². The molecule has 0 bridgehead atoms. The molecule has 2 heterocycles. The first-order valence-electron chi connectivity index (χ1n) is 9.77. The second-order valence-corrected chi connectivity index (χ2v) is 7.77. The van der Waals surface area contributed by atoms with Crippen molar-refractivity contribution in [1.82, 2.24) is 15.2 Å². The van der Waals surface area contributed by atoms with Crippen molar-refractivity contribution >= 4 is 6.03 Å². The molecule has 3 rings (SSSR count). The lowest BCUT2D eigenvalue weighted by Gasteiger charge is -2.33. The molecule has 1 aliphatic rings. The number of likely N-dealkylation sites (tertiary alicyclic amines) is 1. The average Bonchev–Trinajstić information content (AvgIpc) is 2.68. The lowest BCUT2D eigenvalue weighted by molar-refractivity contribution is 0.176. The van der Waals surface area contributed by atoms with Gasteiger partial charge in [0.2, 0.25) is 0 Å². The van der Waals surface area contributed by atoms with E-state index in [1.807, 2.05) is 35.4 Å². The normalized spacial score (nSPS) is 16.3. The molecule has 1 aromatic heterocycles. The monoisotopic (exact) mass is 367 g/mol. The Morgan fingerprint density at radius 1 is 1.26 bits per heavy atom. The number of aromatic hydroxyl groups is 1. The van der Waals surface area contributed by atoms with E-state index < -0.39 is 0 Å². The van der Waals surface area contributed by atoms with Crippen LogP contribution in [0, 0.1) is 5.92 Å². The van der Waals surface area contributed by atoms with Crippen LogP contribution in [0.3, 0.4) is 0 Å². The van der Waals surface area contributed by atoms with Crippen LogP contribution >= 0.6 is 0 Å². The van der Waals surface area contributed by atoms with Crippen LogP contribution in [-0.4, -0.2) is 34.1 Å². The molecule has 27 heavy (non-hydrogen) atoms. The van der Waals surface area contributed by atoms with E-state index >= 15 is 0 Å². The summed E-state index contributed by atoms with van der Waals surface area (Å²) in [5, 5.41) is 12.9. The molecule has 1 aromatic carbocycles. The minimum absolute atomic E-state index is 0.00105. The number of aromatic nitrogens is 1. The maximum absolute atomic E-state index is 12.8. The van der Waals surface area contributed by atoms with Gasteiger partial charge in [0.25, 0.3) is 0 Å². The number of rotatable bonds is 5. The van der Waals surface area contributed by atoms with Crippen molar-refractivity contribution in [3.63, 3.8) is 0 Å². The third-order valence-corrected chi connectivity index (χ3v) is 5.22. The van der Waals surface area contributed by atoms with E-state index in [-0.39, 0.29) is 12.1 Å². The number of nitrogens with one attached hydrogen (secondary N) is 1. The summed E-state index contributed by atoms with van der Waals surface area (Å²) >= 11 is 0. The maximum Gasteiger partial charge on any atom is 0.317 e. The Labute approximate surface area is 161 Å². The number of urea groups is 1. The van der Waals surface area contributed by atoms with E-state index in [0.29, 0.717) is 17.6 Å². The van der Waals surface area contributed by atoms with Gasteiger partial charge in [0.15, 0.2) is 0 Å². The van der Waals surface area contributed by atoms with Gasteiger partial charge in [-0.25, -0.2) is 4.79 Å². The SMILES string of the molecule is CC(C)C[C@H](NC(=O)N1CCC(c2cccc(O)c2)CC1)c1cccnc1. The Hall–Kier alpha value is -2.56. The number of phenolic OH excluding ortho intramolecular Hbond substituents is 1. The predicted molar refractivity (Wildman–Crippen MR) is 107 cm³/mol. The topological polar surface area (TPSA) is 65.5 Å². The van der Waals surface area contributed by atoms with Gasteiger partial charge in [-0.1, -0.05) is 32.0 Å². The second-order valence-electron chi connectivity index (χ2n) is 7.77. The second kappa shape index (κ2) is 8.89. The Balaban J connectivity index is 1.59. The van der Waals surface area contributed by atoms with E-state index in [4.69, 9.17) is 0 Å². The molecule has 2 aromatic rings. The summed E-state index contributed by atoms with van der Waals surface area (Å²) < 4.78 is 0. The van der Waals surface area contributed by atoms with E-state index in [1.54, 1.807) is 12.3 Å². The fraction of sp³-hybridized carbons (Fsp3) is 0.455. The zero-order valence-corrected chi connectivity index (χ0v) is 16.1. The quantitative estimate of drug-likeness (QED) is 0.820. The molecule has 1 saturated heterocycles. The molecule has 2 amide bonds. The number of hydrogen-bond acceptors (Lipinski definition) is 3. The van der Waals surface area contributed by atoms with Crippen molar-refractivity contribution in [3.8, 4) is 5.75 Å². The van der Waals surface area contributed by atoms with Crippen LogP contribution in [0.5, 0.6) is 5.75 Å². The standard InChI is InChI=1S/C22H29N3O2/c1-16(2)13-21(19-6-4-10-23-15-19)24-22(27)25-11-8-17(9-12-25)18-5-3-7-20(26)14-18/h3-7,10,14-17,21,26H,8-9,11-13H2,1-2H3,(H,24,27)/t21-/m0/s1. The lowest BCUT2D eigenvalue weighted by atomic mass is 9.89. The van der Waals surface area contributed by atoms with Gasteiger partial charge in [0, 0.05) is 25.5 Å². The number of piperidine rings is 1. The van der Waals surface area contributed by atoms with Gasteiger partial charge in [-0.3, -0.25) is 4.98 Å². The summed E-state index contributed by atoms with van der Waals surface area (Å²) in [5.41, 5.74) is 2.21. The highest BCUT2D eigenvalue weighted by atomic mass is 16.3. The van der Waals surface area contributed by atoms with E-state index in [9.17, 15) is 9.90 Å². The van der Waals surface area contributed by atoms with Crippen molar-refractivity contribution in [2.75, 3.05) is 13.1 Å². The van der Waals surface area contributed by atoms with Crippen molar-refractivity contribution < 1.29 is 9.90 Å². The van der Waals surface area contributed by atoms with Gasteiger partial charge >= 0.3 is 6.03 Å². The maximum atomic E-state index is 12.8. The number of nitrogens with zero attached hydrogens (tertiary/aromatic N) is 2. The zero-order valence-electron chi connectivity index (χ0n) is 16.1. The van der Waals surface area contributed by atoms with Crippen LogP contribution in [0.4, 0.5) is 4.79 Å². The van der Waals surface area contributed by atoms with Crippen LogP contribution in [0.2, 0.25) is 0 Å². The summed E-state index contributed by atoms with van der Waals surface area (Å²) in [6.07, 6.45) is 6.31. The minimum Gasteiger partial charge on any atom is -0.508 e. The van der Waals surface area contributed by atoms with E-state index in [1.165, 1.54) is 0 Å². The summed E-state index contributed by atoms with van der Waals surface area (Å²) in [7, 11) is 0. The number of benzene rings is 1. The van der Waals surface area contributed by atoms with Crippen LogP contribution < -0.4 is 5.32 Å². The Bertz CT molecular complexity index is 740. The molecule has 1 fully saturated rings. The fourth-order valence-electron chi connectivity index (χ4n) is 3.77. The first kappa shape index (κ1) is 19.2. The van der Waals surface area contributed by atoms with Gasteiger partial charge in [-0.15, -0.1) is 0 Å². The number of phenols is 1. The molecule has 5 nitrogen and oxygen atoms in total. The van der Waals surface area contributed by atoms with Crippen LogP contribution in [0.1, 0.15) is 56.2 Å². The van der Waals surface area contributed by atoms with Crippen molar-refractivity contribution in [2.24, 2.45) is 5.92 Å². The molecule has 0 unspecified atom stereocenters. The van der Waals surface area contributed by atoms with Gasteiger partial charge in [-0.05, 0) is 60.4 Å². The molecule has 5 heteroatoms. The highest BCUT2D eigenvalue weighted by molar-refractivity contribution is 5.74. The minimum atomic E-state index is -0.0185. The molecule has 0 aliphatic carbocycles. The summed E-state index contributed by atoms with van der Waals surface area (Å²) in [6, 6.07) is 11.4. The number of carbonyl (C=O) groups is 1. The number of hydrogen-bond donors (Lipinski definition) is 2. The van der Waals surface area contributed by atoms with Gasteiger partial charge in [0.1, 0.15) is 5.75 Å². The molecule has 1 atom stereocenters. The van der Waals surface area contributed by atoms with Crippen molar-refractivity contribution in [1.29, 1.82) is 0 Å². The Kier molecular flexibility index (Phi) is 6.32. The Morgan fingerprint density at radius 3 is 2.67 bits per heavy atom. The van der Waals surface area contributed by atoms with Crippen LogP contribution in [0.15, 0.2) is 48.8 Å². The van der Waals surface area contributed by atoms with Crippen molar-refractivity contribution in [2.45, 2.75) is 45.1 Å². The Morgan fingerprint density at radius 2 is 2.04 bits per heavy atom. The third kappa shape index (κ3) is 5.22. The predicted octanol–water partition coefficient (Wildman–Crippen LogP) is 4.46. The number of pyridine rings is 1. The molecular weight excluding hydrogens is 338 g/mol. The molecule has 1 aliphatic heterocycles. The zero-order chi connectivity index (χ0) is 19.2. The molecule has 2 N–H and O–H groups in total. The first-order valence-corrected chi connectivity index (χ1v) is 9.77. The third-order valence-electron chi connectivity index (χ3n) is 5.22. The first-order chi connectivity index (χ1) is 13.0. The summed E-state index contributed by atoms with van der Waals surface area (Å²) in [4.78, 5) is 18.9. The fourth-order valence-corrected chi connectivity index (χ4v) is 3.77. The summed E-state index contributed by atoms with van der Waals surface area (Å²) in [6.45, 7) is 5.79. The molecule has 0 spiro atoms. The largest absolute Gasteiger partial charge is 0.508 e. The van der Waals surface area contributed by atoms with Gasteiger partial charge < -0.3 is 15.3 Å². The van der Waals surface area contributed by atoms with Gasteiger partial charge in [0.05, 0.1) is 6.04 Å². The highest BCUT2D eigenvalue weighted by Gasteiger charge is 2.26. The van der Waals surface area contributed by atoms with Crippen LogP contribution in [0.25, 0.3) is 0 Å². The van der Waals surface area contributed by atoms with Crippen molar-refractivity contribution in [3.05, 3.63) is 59.9 Å². The molecule has 0 saturated carbocycles. The molecule has 0 radical (unpaired) electrons. The number of amides is 2. The molecule has 144 valence electrons. The van der Waals surface area contributed by atoms with Gasteiger partial charge in [-0.2, -0.15) is 0 Å². The van der Waals surface area contributed by atoms with E-state index in [0.717, 1.165) is 43.5 Å². The molecular formula is C22H29N3O2. The summed E-state index contributed by atoms with van der Waals surface area (Å²) in [5.74, 6) is 1.18. The number of carbonyl (C=O) groups excluding carboxylic acids is 1. The van der Waals surface area contributed by atoms with E-state index in [2.05, 4.69) is 30.2 Å². The smallest absolute Gasteiger partial charge is 0.317 e.